The average Bonchev–Trinajstić information content (AvgIpc) is 2.78. The van der Waals surface area contributed by atoms with E-state index in [0.717, 1.165) is 18.8 Å². The van der Waals surface area contributed by atoms with Crippen molar-refractivity contribution < 1.29 is 19.0 Å². The predicted octanol–water partition coefficient (Wildman–Crippen LogP) is 3.09. The monoisotopic (exact) mass is 393 g/mol. The van der Waals surface area contributed by atoms with Gasteiger partial charge in [0.05, 0.1) is 27.4 Å². The van der Waals surface area contributed by atoms with E-state index >= 15 is 0 Å². The maximum atomic E-state index is 12.6. The van der Waals surface area contributed by atoms with Gasteiger partial charge in [0.2, 0.25) is 0 Å². The van der Waals surface area contributed by atoms with E-state index in [0.29, 0.717) is 36.0 Å². The first-order valence-electron chi connectivity index (χ1n) is 9.22. The van der Waals surface area contributed by atoms with E-state index in [-0.39, 0.29) is 5.57 Å². The van der Waals surface area contributed by atoms with Crippen molar-refractivity contribution in [2.45, 2.75) is 0 Å². The number of benzene rings is 2. The number of nitrogens with one attached hydrogen (secondary N) is 1. The van der Waals surface area contributed by atoms with Crippen molar-refractivity contribution in [1.82, 2.24) is 0 Å². The minimum absolute atomic E-state index is 0.0229. The Morgan fingerprint density at radius 3 is 2.66 bits per heavy atom. The SMILES string of the molecule is COc1cccc(NC(=O)/C(C#N)=C\c2ccc(N3CCOCC3)cc2OC)c1. The molecule has 7 nitrogen and oxygen atoms in total. The standard InChI is InChI=1S/C22H23N3O4/c1-27-20-5-3-4-18(13-20)24-22(26)17(15-23)12-16-6-7-19(14-21(16)28-2)25-8-10-29-11-9-25/h3-7,12-14H,8-11H2,1-2H3,(H,24,26)/b17-12-. The van der Waals surface area contributed by atoms with Crippen LogP contribution in [-0.4, -0.2) is 46.4 Å². The second kappa shape index (κ2) is 9.62. The molecule has 0 atom stereocenters. The lowest BCUT2D eigenvalue weighted by molar-refractivity contribution is -0.112. The first kappa shape index (κ1) is 20.2. The van der Waals surface area contributed by atoms with Crippen LogP contribution in [0.1, 0.15) is 5.56 Å². The van der Waals surface area contributed by atoms with E-state index in [1.165, 1.54) is 6.08 Å². The molecule has 1 heterocycles. The summed E-state index contributed by atoms with van der Waals surface area (Å²) >= 11 is 0. The third kappa shape index (κ3) is 5.06. The Kier molecular flexibility index (Phi) is 6.72. The number of amides is 1. The Morgan fingerprint density at radius 1 is 1.17 bits per heavy atom. The summed E-state index contributed by atoms with van der Waals surface area (Å²) in [5, 5.41) is 12.2. The van der Waals surface area contributed by atoms with E-state index in [9.17, 15) is 10.1 Å². The summed E-state index contributed by atoms with van der Waals surface area (Å²) in [5.74, 6) is 0.710. The molecule has 1 fully saturated rings. The van der Waals surface area contributed by atoms with E-state index < -0.39 is 5.91 Å². The topological polar surface area (TPSA) is 83.8 Å². The lowest BCUT2D eigenvalue weighted by Gasteiger charge is -2.29. The quantitative estimate of drug-likeness (QED) is 0.600. The van der Waals surface area contributed by atoms with Crippen LogP contribution in [0.2, 0.25) is 0 Å². The molecule has 0 aliphatic carbocycles. The molecule has 7 heteroatoms. The Bertz CT molecular complexity index is 943. The zero-order chi connectivity index (χ0) is 20.6. The van der Waals surface area contributed by atoms with Gasteiger partial charge in [0.25, 0.3) is 5.91 Å². The lowest BCUT2D eigenvalue weighted by Crippen LogP contribution is -2.36. The van der Waals surface area contributed by atoms with Gasteiger partial charge >= 0.3 is 0 Å². The van der Waals surface area contributed by atoms with Crippen LogP contribution in [0.4, 0.5) is 11.4 Å². The largest absolute Gasteiger partial charge is 0.497 e. The molecule has 2 aromatic rings. The van der Waals surface area contributed by atoms with Gasteiger partial charge in [-0.1, -0.05) is 6.07 Å². The minimum atomic E-state index is -0.500. The number of nitrogens with zero attached hydrogens (tertiary/aromatic N) is 2. The van der Waals surface area contributed by atoms with Crippen LogP contribution in [0.3, 0.4) is 0 Å². The van der Waals surface area contributed by atoms with Gasteiger partial charge in [-0.2, -0.15) is 5.26 Å². The van der Waals surface area contributed by atoms with Gasteiger partial charge in [0, 0.05) is 42.2 Å². The van der Waals surface area contributed by atoms with Gasteiger partial charge in [-0.15, -0.1) is 0 Å². The summed E-state index contributed by atoms with van der Waals surface area (Å²) < 4.78 is 16.0. The molecule has 29 heavy (non-hydrogen) atoms. The molecule has 0 radical (unpaired) electrons. The Hall–Kier alpha value is -3.50. The molecule has 0 aromatic heterocycles. The van der Waals surface area contributed by atoms with Gasteiger partial charge < -0.3 is 24.4 Å². The normalized spacial score (nSPS) is 14.1. The highest BCUT2D eigenvalue weighted by Crippen LogP contribution is 2.28. The summed E-state index contributed by atoms with van der Waals surface area (Å²) in [6.45, 7) is 3.00. The van der Waals surface area contributed by atoms with Gasteiger partial charge in [-0.3, -0.25) is 4.79 Å². The van der Waals surface area contributed by atoms with Gasteiger partial charge in [-0.25, -0.2) is 0 Å². The molecule has 1 aliphatic rings. The number of ether oxygens (including phenoxy) is 3. The molecule has 1 amide bonds. The summed E-state index contributed by atoms with van der Waals surface area (Å²) in [6, 6.07) is 14.6. The molecule has 150 valence electrons. The van der Waals surface area contributed by atoms with E-state index in [4.69, 9.17) is 14.2 Å². The number of carbonyl (C=O) groups excluding carboxylic acids is 1. The number of methoxy groups -OCH3 is 2. The lowest BCUT2D eigenvalue weighted by atomic mass is 10.1. The molecule has 0 unspecified atom stereocenters. The highest BCUT2D eigenvalue weighted by molar-refractivity contribution is 6.09. The van der Waals surface area contributed by atoms with Gasteiger partial charge in [0.1, 0.15) is 23.1 Å². The summed E-state index contributed by atoms with van der Waals surface area (Å²) in [6.07, 6.45) is 1.53. The first-order chi connectivity index (χ1) is 14.1. The van der Waals surface area contributed by atoms with Crippen molar-refractivity contribution in [3.05, 3.63) is 53.6 Å². The number of morpholine rings is 1. The van der Waals surface area contributed by atoms with Crippen molar-refractivity contribution in [2.24, 2.45) is 0 Å². The second-order valence-corrected chi connectivity index (χ2v) is 6.38. The van der Waals surface area contributed by atoms with Gasteiger partial charge in [-0.05, 0) is 30.3 Å². The molecule has 0 saturated carbocycles. The van der Waals surface area contributed by atoms with Crippen LogP contribution in [0.5, 0.6) is 11.5 Å². The molecular formula is C22H23N3O4. The Balaban J connectivity index is 1.81. The molecule has 1 aliphatic heterocycles. The minimum Gasteiger partial charge on any atom is -0.497 e. The molecule has 1 N–H and O–H groups in total. The number of anilines is 2. The van der Waals surface area contributed by atoms with Gasteiger partial charge in [0.15, 0.2) is 0 Å². The van der Waals surface area contributed by atoms with E-state index in [1.807, 2.05) is 24.3 Å². The fourth-order valence-electron chi connectivity index (χ4n) is 3.04. The molecule has 2 aromatic carbocycles. The highest BCUT2D eigenvalue weighted by atomic mass is 16.5. The number of nitriles is 1. The summed E-state index contributed by atoms with van der Waals surface area (Å²) in [7, 11) is 3.12. The highest BCUT2D eigenvalue weighted by Gasteiger charge is 2.15. The fourth-order valence-corrected chi connectivity index (χ4v) is 3.04. The average molecular weight is 393 g/mol. The maximum Gasteiger partial charge on any atom is 0.266 e. The zero-order valence-corrected chi connectivity index (χ0v) is 16.5. The second-order valence-electron chi connectivity index (χ2n) is 6.38. The van der Waals surface area contributed by atoms with Crippen LogP contribution in [0, 0.1) is 11.3 Å². The fraction of sp³-hybridized carbons (Fsp3) is 0.273. The Morgan fingerprint density at radius 2 is 1.97 bits per heavy atom. The van der Waals surface area contributed by atoms with Crippen molar-refractivity contribution in [1.29, 1.82) is 5.26 Å². The van der Waals surface area contributed by atoms with Crippen LogP contribution in [0.15, 0.2) is 48.0 Å². The summed E-state index contributed by atoms with van der Waals surface area (Å²) in [4.78, 5) is 14.8. The number of rotatable bonds is 6. The van der Waals surface area contributed by atoms with Crippen LogP contribution in [-0.2, 0) is 9.53 Å². The Labute approximate surface area is 170 Å². The van der Waals surface area contributed by atoms with E-state index in [2.05, 4.69) is 10.2 Å². The molecule has 0 spiro atoms. The van der Waals surface area contributed by atoms with Crippen molar-refractivity contribution >= 4 is 23.4 Å². The third-order valence-electron chi connectivity index (χ3n) is 4.59. The predicted molar refractivity (Wildman–Crippen MR) is 111 cm³/mol. The third-order valence-corrected chi connectivity index (χ3v) is 4.59. The molecular weight excluding hydrogens is 370 g/mol. The van der Waals surface area contributed by atoms with Crippen molar-refractivity contribution in [2.75, 3.05) is 50.7 Å². The van der Waals surface area contributed by atoms with E-state index in [1.54, 1.807) is 38.5 Å². The summed E-state index contributed by atoms with van der Waals surface area (Å²) in [5.41, 5.74) is 2.19. The van der Waals surface area contributed by atoms with Crippen molar-refractivity contribution in [3.8, 4) is 17.6 Å². The zero-order valence-electron chi connectivity index (χ0n) is 16.5. The van der Waals surface area contributed by atoms with Crippen LogP contribution in [0.25, 0.3) is 6.08 Å². The molecule has 0 bridgehead atoms. The smallest absolute Gasteiger partial charge is 0.266 e. The van der Waals surface area contributed by atoms with Crippen LogP contribution >= 0.6 is 0 Å². The number of carbonyl (C=O) groups is 1. The molecule has 3 rings (SSSR count). The van der Waals surface area contributed by atoms with Crippen molar-refractivity contribution in [3.63, 3.8) is 0 Å². The number of hydrogen-bond acceptors (Lipinski definition) is 6. The first-order valence-corrected chi connectivity index (χ1v) is 9.22. The molecule has 1 saturated heterocycles. The number of hydrogen-bond donors (Lipinski definition) is 1. The maximum absolute atomic E-state index is 12.6. The van der Waals surface area contributed by atoms with Crippen LogP contribution < -0.4 is 19.7 Å².